The van der Waals surface area contributed by atoms with Crippen LogP contribution in [0.15, 0.2) is 29.0 Å². The number of hydrogen-bond donors (Lipinski definition) is 2. The topological polar surface area (TPSA) is 84.6 Å². The van der Waals surface area contributed by atoms with Crippen LogP contribution in [0.2, 0.25) is 0 Å². The third-order valence-corrected chi connectivity index (χ3v) is 2.73. The Balaban J connectivity index is 1.80. The number of aliphatic hydroxyl groups excluding tert-OH is 1. The molecule has 0 bridgehead atoms. The molecule has 2 aromatic rings. The van der Waals surface area contributed by atoms with Gasteiger partial charge in [0.05, 0.1) is 19.6 Å². The van der Waals surface area contributed by atoms with Crippen LogP contribution in [-0.2, 0) is 16.1 Å². The van der Waals surface area contributed by atoms with E-state index >= 15 is 0 Å². The predicted molar refractivity (Wildman–Crippen MR) is 68.4 cm³/mol. The number of nitrogens with one attached hydrogen (secondary N) is 1. The number of carbonyl (C=O) groups excluding carboxylic acids is 1. The van der Waals surface area contributed by atoms with E-state index in [1.165, 1.54) is 13.5 Å². The molecule has 19 heavy (non-hydrogen) atoms. The molecule has 2 rings (SSSR count). The molecule has 1 atom stereocenters. The number of carbonyl (C=O) groups is 1. The number of rotatable bonds is 6. The fourth-order valence-electron chi connectivity index (χ4n) is 1.74. The van der Waals surface area contributed by atoms with Crippen molar-refractivity contribution in [1.82, 2.24) is 10.3 Å². The minimum Gasteiger partial charge on any atom is -0.469 e. The van der Waals surface area contributed by atoms with E-state index < -0.39 is 12.1 Å². The van der Waals surface area contributed by atoms with Gasteiger partial charge in [0.25, 0.3) is 0 Å². The molecule has 0 fully saturated rings. The number of methoxy groups -OCH3 is 1. The lowest BCUT2D eigenvalue weighted by atomic mass is 10.2. The Labute approximate surface area is 110 Å². The number of fused-ring (bicyclic) bond motifs is 1. The Kier molecular flexibility index (Phi) is 4.48. The average Bonchev–Trinajstić information content (AvgIpc) is 2.86. The third-order valence-electron chi connectivity index (χ3n) is 2.73. The summed E-state index contributed by atoms with van der Waals surface area (Å²) in [7, 11) is 1.30. The van der Waals surface area contributed by atoms with E-state index in [0.29, 0.717) is 13.1 Å². The zero-order chi connectivity index (χ0) is 13.7. The molecular formula is C13H16N2O4. The van der Waals surface area contributed by atoms with Gasteiger partial charge in [-0.2, -0.15) is 0 Å². The van der Waals surface area contributed by atoms with Crippen LogP contribution in [-0.4, -0.2) is 35.8 Å². The molecule has 0 aliphatic heterocycles. The molecule has 6 nitrogen and oxygen atoms in total. The second-order valence-corrected chi connectivity index (χ2v) is 4.22. The van der Waals surface area contributed by atoms with E-state index in [-0.39, 0.29) is 6.42 Å². The van der Waals surface area contributed by atoms with Crippen molar-refractivity contribution in [3.63, 3.8) is 0 Å². The molecule has 6 heteroatoms. The van der Waals surface area contributed by atoms with Crippen molar-refractivity contribution >= 4 is 17.1 Å². The smallest absolute Gasteiger partial charge is 0.308 e. The highest BCUT2D eigenvalue weighted by atomic mass is 16.5. The van der Waals surface area contributed by atoms with Gasteiger partial charge in [-0.1, -0.05) is 6.07 Å². The van der Waals surface area contributed by atoms with E-state index in [9.17, 15) is 9.90 Å². The van der Waals surface area contributed by atoms with Crippen molar-refractivity contribution in [2.45, 2.75) is 19.1 Å². The highest BCUT2D eigenvalue weighted by Crippen LogP contribution is 2.13. The van der Waals surface area contributed by atoms with Gasteiger partial charge < -0.3 is 19.6 Å². The molecule has 2 N–H and O–H groups in total. The lowest BCUT2D eigenvalue weighted by Crippen LogP contribution is -2.28. The Bertz CT molecular complexity index is 552. The quantitative estimate of drug-likeness (QED) is 0.752. The largest absolute Gasteiger partial charge is 0.469 e. The Morgan fingerprint density at radius 1 is 1.58 bits per heavy atom. The number of aromatic nitrogens is 1. The van der Waals surface area contributed by atoms with E-state index in [1.54, 1.807) is 0 Å². The maximum atomic E-state index is 10.9. The monoisotopic (exact) mass is 264 g/mol. The van der Waals surface area contributed by atoms with Crippen LogP contribution in [0.1, 0.15) is 12.0 Å². The fraction of sp³-hybridized carbons (Fsp3) is 0.385. The van der Waals surface area contributed by atoms with Gasteiger partial charge in [0, 0.05) is 13.1 Å². The van der Waals surface area contributed by atoms with Gasteiger partial charge in [0.2, 0.25) is 0 Å². The summed E-state index contributed by atoms with van der Waals surface area (Å²) >= 11 is 0. The molecule has 0 spiro atoms. The standard InChI is InChI=1S/C13H16N2O4/c1-18-13(17)5-10(16)7-14-6-9-2-3-11-12(4-9)19-8-15-11/h2-4,8,10,14,16H,5-7H2,1H3. The van der Waals surface area contributed by atoms with Gasteiger partial charge in [-0.25, -0.2) is 4.98 Å². The third kappa shape index (κ3) is 3.77. The van der Waals surface area contributed by atoms with Crippen molar-refractivity contribution in [2.75, 3.05) is 13.7 Å². The van der Waals surface area contributed by atoms with E-state index in [0.717, 1.165) is 16.7 Å². The molecule has 1 unspecified atom stereocenters. The first kappa shape index (κ1) is 13.5. The fourth-order valence-corrected chi connectivity index (χ4v) is 1.74. The van der Waals surface area contributed by atoms with Crippen molar-refractivity contribution in [1.29, 1.82) is 0 Å². The molecular weight excluding hydrogens is 248 g/mol. The van der Waals surface area contributed by atoms with Crippen LogP contribution in [0.5, 0.6) is 0 Å². The lowest BCUT2D eigenvalue weighted by Gasteiger charge is -2.10. The number of aliphatic hydroxyl groups is 1. The Hall–Kier alpha value is -1.92. The average molecular weight is 264 g/mol. The molecule has 1 aromatic carbocycles. The van der Waals surface area contributed by atoms with Crippen LogP contribution >= 0.6 is 0 Å². The summed E-state index contributed by atoms with van der Waals surface area (Å²) in [6.07, 6.45) is 0.647. The van der Waals surface area contributed by atoms with Crippen LogP contribution < -0.4 is 5.32 Å². The van der Waals surface area contributed by atoms with Crippen molar-refractivity contribution < 1.29 is 19.1 Å². The highest BCUT2D eigenvalue weighted by molar-refractivity contribution is 5.72. The maximum absolute atomic E-state index is 10.9. The summed E-state index contributed by atoms with van der Waals surface area (Å²) in [5, 5.41) is 12.6. The zero-order valence-electron chi connectivity index (χ0n) is 10.6. The van der Waals surface area contributed by atoms with E-state index in [4.69, 9.17) is 4.42 Å². The van der Waals surface area contributed by atoms with Crippen LogP contribution in [0.25, 0.3) is 11.1 Å². The molecule has 0 aliphatic carbocycles. The van der Waals surface area contributed by atoms with Crippen molar-refractivity contribution in [2.24, 2.45) is 0 Å². The predicted octanol–water partition coefficient (Wildman–Crippen LogP) is 0.841. The number of hydrogen-bond acceptors (Lipinski definition) is 6. The molecule has 102 valence electrons. The molecule has 1 heterocycles. The SMILES string of the molecule is COC(=O)CC(O)CNCc1ccc2ncoc2c1. The number of benzene rings is 1. The summed E-state index contributed by atoms with van der Waals surface area (Å²) < 4.78 is 9.68. The first-order chi connectivity index (χ1) is 9.19. The first-order valence-corrected chi connectivity index (χ1v) is 5.97. The number of nitrogens with zero attached hydrogens (tertiary/aromatic N) is 1. The second kappa shape index (κ2) is 6.31. The van der Waals surface area contributed by atoms with E-state index in [1.807, 2.05) is 18.2 Å². The van der Waals surface area contributed by atoms with Gasteiger partial charge in [-0.05, 0) is 17.7 Å². The van der Waals surface area contributed by atoms with Gasteiger partial charge in [-0.3, -0.25) is 4.79 Å². The molecule has 0 amide bonds. The molecule has 1 aromatic heterocycles. The van der Waals surface area contributed by atoms with Gasteiger partial charge in [0.1, 0.15) is 5.52 Å². The second-order valence-electron chi connectivity index (χ2n) is 4.22. The molecule has 0 saturated heterocycles. The summed E-state index contributed by atoms with van der Waals surface area (Å²) in [4.78, 5) is 15.0. The minimum atomic E-state index is -0.749. The molecule has 0 aliphatic rings. The first-order valence-electron chi connectivity index (χ1n) is 5.97. The Morgan fingerprint density at radius 3 is 3.21 bits per heavy atom. The number of esters is 1. The van der Waals surface area contributed by atoms with Crippen molar-refractivity contribution in [3.8, 4) is 0 Å². The van der Waals surface area contributed by atoms with Crippen LogP contribution in [0.4, 0.5) is 0 Å². The van der Waals surface area contributed by atoms with Crippen LogP contribution in [0.3, 0.4) is 0 Å². The van der Waals surface area contributed by atoms with Crippen LogP contribution in [0, 0.1) is 0 Å². The summed E-state index contributed by atoms with van der Waals surface area (Å²) in [6.45, 7) is 0.901. The van der Waals surface area contributed by atoms with Crippen molar-refractivity contribution in [3.05, 3.63) is 30.2 Å². The molecule has 0 radical (unpaired) electrons. The lowest BCUT2D eigenvalue weighted by molar-refractivity contribution is -0.142. The summed E-state index contributed by atoms with van der Waals surface area (Å²) in [5.41, 5.74) is 2.57. The van der Waals surface area contributed by atoms with Gasteiger partial charge in [-0.15, -0.1) is 0 Å². The number of oxazole rings is 1. The van der Waals surface area contributed by atoms with Gasteiger partial charge >= 0.3 is 5.97 Å². The normalized spacial score (nSPS) is 12.5. The summed E-state index contributed by atoms with van der Waals surface area (Å²) in [6, 6.07) is 5.70. The summed E-state index contributed by atoms with van der Waals surface area (Å²) in [5.74, 6) is -0.419. The molecule has 0 saturated carbocycles. The number of ether oxygens (including phenoxy) is 1. The highest BCUT2D eigenvalue weighted by Gasteiger charge is 2.10. The minimum absolute atomic E-state index is 0.00929. The van der Waals surface area contributed by atoms with Gasteiger partial charge in [0.15, 0.2) is 12.0 Å². The maximum Gasteiger partial charge on any atom is 0.308 e. The Morgan fingerprint density at radius 2 is 2.42 bits per heavy atom. The van der Waals surface area contributed by atoms with E-state index in [2.05, 4.69) is 15.0 Å². The zero-order valence-corrected chi connectivity index (χ0v) is 10.6.